The molecule has 0 amide bonds. The maximum absolute atomic E-state index is 12.5. The van der Waals surface area contributed by atoms with Gasteiger partial charge in [0.15, 0.2) is 0 Å². The van der Waals surface area contributed by atoms with Gasteiger partial charge in [0.05, 0.1) is 7.11 Å². The number of rotatable bonds is 3. The summed E-state index contributed by atoms with van der Waals surface area (Å²) in [7, 11) is 1.47. The van der Waals surface area contributed by atoms with E-state index in [1.165, 1.54) is 13.5 Å². The van der Waals surface area contributed by atoms with Crippen molar-refractivity contribution in [3.8, 4) is 0 Å². The molecule has 0 N–H and O–H groups in total. The van der Waals surface area contributed by atoms with Crippen LogP contribution < -0.4 is 0 Å². The maximum Gasteiger partial charge on any atom is 0.330 e. The molecule has 0 bridgehead atoms. The molecular formula is C17H25NO2. The Morgan fingerprint density at radius 1 is 1.20 bits per heavy atom. The van der Waals surface area contributed by atoms with E-state index < -0.39 is 5.54 Å². The van der Waals surface area contributed by atoms with Crippen LogP contribution in [0.4, 0.5) is 0 Å². The van der Waals surface area contributed by atoms with Crippen LogP contribution in [0.1, 0.15) is 32.8 Å². The fourth-order valence-corrected chi connectivity index (χ4v) is 3.42. The molecule has 1 aliphatic rings. The van der Waals surface area contributed by atoms with Gasteiger partial charge in [-0.05, 0) is 30.7 Å². The van der Waals surface area contributed by atoms with Crippen molar-refractivity contribution in [1.29, 1.82) is 0 Å². The Hall–Kier alpha value is -1.35. The molecule has 0 aliphatic carbocycles. The first kappa shape index (κ1) is 15.0. The molecule has 0 saturated carbocycles. The summed E-state index contributed by atoms with van der Waals surface area (Å²) in [6.45, 7) is 8.37. The highest BCUT2D eigenvalue weighted by atomic mass is 16.5. The van der Waals surface area contributed by atoms with E-state index in [1.54, 1.807) is 0 Å². The van der Waals surface area contributed by atoms with Gasteiger partial charge in [0.25, 0.3) is 0 Å². The first-order chi connectivity index (χ1) is 9.48. The lowest BCUT2D eigenvalue weighted by Crippen LogP contribution is -2.55. The van der Waals surface area contributed by atoms with Gasteiger partial charge in [-0.25, -0.2) is 4.79 Å². The summed E-state index contributed by atoms with van der Waals surface area (Å²) in [6, 6.07) is 9.96. The van der Waals surface area contributed by atoms with Crippen molar-refractivity contribution in [2.45, 2.75) is 32.7 Å². The number of carbonyl (C=O) groups is 1. The summed E-state index contributed by atoms with van der Waals surface area (Å²) in [5, 5.41) is 0. The van der Waals surface area contributed by atoms with Crippen molar-refractivity contribution in [3.63, 3.8) is 0 Å². The second-order valence-electron chi connectivity index (χ2n) is 6.28. The summed E-state index contributed by atoms with van der Waals surface area (Å²) in [6.07, 6.45) is 1.22. The topological polar surface area (TPSA) is 29.5 Å². The van der Waals surface area contributed by atoms with Gasteiger partial charge in [0.2, 0.25) is 0 Å². The SMILES string of the molecule is COC(=O)[C@@](C)(c1ccccc1)N1C[C@H](C)C[C@H](C)C1. The predicted octanol–water partition coefficient (Wildman–Crippen LogP) is 3.05. The Kier molecular flexibility index (Phi) is 4.48. The van der Waals surface area contributed by atoms with Gasteiger partial charge >= 0.3 is 5.97 Å². The van der Waals surface area contributed by atoms with Crippen LogP contribution in [-0.2, 0) is 15.1 Å². The third-order valence-electron chi connectivity index (χ3n) is 4.42. The average molecular weight is 275 g/mol. The number of hydrogen-bond acceptors (Lipinski definition) is 3. The lowest BCUT2D eigenvalue weighted by Gasteiger charge is -2.45. The standard InChI is InChI=1S/C17H25NO2/c1-13-10-14(2)12-18(11-13)17(3,16(19)20-4)15-8-6-5-7-9-15/h5-9,13-14H,10-12H2,1-4H3/t13-,14+,17-/m1/s1. The molecule has 2 rings (SSSR count). The van der Waals surface area contributed by atoms with Crippen LogP contribution in [0.3, 0.4) is 0 Å². The zero-order valence-electron chi connectivity index (χ0n) is 12.9. The normalized spacial score (nSPS) is 26.8. The van der Waals surface area contributed by atoms with Gasteiger partial charge in [0, 0.05) is 13.1 Å². The summed E-state index contributed by atoms with van der Waals surface area (Å²) >= 11 is 0. The van der Waals surface area contributed by atoms with Crippen LogP contribution in [0, 0.1) is 11.8 Å². The number of hydrogen-bond donors (Lipinski definition) is 0. The minimum absolute atomic E-state index is 0.176. The van der Waals surface area contributed by atoms with E-state index in [2.05, 4.69) is 18.7 Å². The molecule has 1 aliphatic heterocycles. The third kappa shape index (κ3) is 2.73. The highest BCUT2D eigenvalue weighted by Crippen LogP contribution is 2.35. The quantitative estimate of drug-likeness (QED) is 0.794. The molecule has 0 unspecified atom stereocenters. The average Bonchev–Trinajstić information content (AvgIpc) is 2.45. The van der Waals surface area contributed by atoms with Crippen molar-refractivity contribution < 1.29 is 9.53 Å². The molecule has 1 aromatic carbocycles. The number of carbonyl (C=O) groups excluding carboxylic acids is 1. The highest BCUT2D eigenvalue weighted by molar-refractivity contribution is 5.82. The van der Waals surface area contributed by atoms with Crippen molar-refractivity contribution in [1.82, 2.24) is 4.90 Å². The fourth-order valence-electron chi connectivity index (χ4n) is 3.42. The number of ether oxygens (including phenoxy) is 1. The smallest absolute Gasteiger partial charge is 0.330 e. The van der Waals surface area contributed by atoms with Crippen LogP contribution in [0.25, 0.3) is 0 Å². The van der Waals surface area contributed by atoms with E-state index in [1.807, 2.05) is 37.3 Å². The molecule has 3 heteroatoms. The van der Waals surface area contributed by atoms with Crippen molar-refractivity contribution in [2.75, 3.05) is 20.2 Å². The zero-order chi connectivity index (χ0) is 14.8. The Morgan fingerprint density at radius 3 is 2.25 bits per heavy atom. The lowest BCUT2D eigenvalue weighted by atomic mass is 9.83. The first-order valence-corrected chi connectivity index (χ1v) is 7.37. The fraction of sp³-hybridized carbons (Fsp3) is 0.588. The first-order valence-electron chi connectivity index (χ1n) is 7.37. The third-order valence-corrected chi connectivity index (χ3v) is 4.42. The molecule has 1 saturated heterocycles. The summed E-state index contributed by atoms with van der Waals surface area (Å²) in [5.74, 6) is 1.03. The number of likely N-dealkylation sites (tertiary alicyclic amines) is 1. The van der Waals surface area contributed by atoms with Crippen LogP contribution in [0.15, 0.2) is 30.3 Å². The van der Waals surface area contributed by atoms with E-state index in [-0.39, 0.29) is 5.97 Å². The Morgan fingerprint density at radius 2 is 1.75 bits per heavy atom. The second kappa shape index (κ2) is 5.96. The van der Waals surface area contributed by atoms with Crippen LogP contribution >= 0.6 is 0 Å². The van der Waals surface area contributed by atoms with E-state index in [9.17, 15) is 4.79 Å². The van der Waals surface area contributed by atoms with E-state index in [4.69, 9.17) is 4.74 Å². The van der Waals surface area contributed by atoms with E-state index in [0.717, 1.165) is 18.7 Å². The van der Waals surface area contributed by atoms with Gasteiger partial charge in [-0.3, -0.25) is 4.90 Å². The Balaban J connectivity index is 2.39. The molecule has 110 valence electrons. The Labute approximate surface area is 121 Å². The molecule has 0 aromatic heterocycles. The molecule has 3 nitrogen and oxygen atoms in total. The molecule has 1 fully saturated rings. The number of benzene rings is 1. The molecule has 1 aromatic rings. The van der Waals surface area contributed by atoms with E-state index in [0.29, 0.717) is 11.8 Å². The van der Waals surface area contributed by atoms with Gasteiger partial charge in [-0.1, -0.05) is 44.2 Å². The lowest BCUT2D eigenvalue weighted by molar-refractivity contribution is -0.157. The van der Waals surface area contributed by atoms with Crippen LogP contribution in [0.5, 0.6) is 0 Å². The van der Waals surface area contributed by atoms with Crippen LogP contribution in [0.2, 0.25) is 0 Å². The Bertz CT molecular complexity index is 449. The number of esters is 1. The van der Waals surface area contributed by atoms with Crippen molar-refractivity contribution in [3.05, 3.63) is 35.9 Å². The minimum Gasteiger partial charge on any atom is -0.467 e. The number of nitrogens with zero attached hydrogens (tertiary/aromatic N) is 1. The largest absolute Gasteiger partial charge is 0.467 e. The number of methoxy groups -OCH3 is 1. The summed E-state index contributed by atoms with van der Waals surface area (Å²) < 4.78 is 5.11. The molecule has 0 spiro atoms. The minimum atomic E-state index is -0.695. The van der Waals surface area contributed by atoms with Gasteiger partial charge < -0.3 is 4.74 Å². The van der Waals surface area contributed by atoms with E-state index >= 15 is 0 Å². The molecular weight excluding hydrogens is 250 g/mol. The van der Waals surface area contributed by atoms with Gasteiger partial charge in [-0.15, -0.1) is 0 Å². The van der Waals surface area contributed by atoms with Crippen molar-refractivity contribution in [2.24, 2.45) is 11.8 Å². The predicted molar refractivity (Wildman–Crippen MR) is 80.3 cm³/mol. The van der Waals surface area contributed by atoms with Gasteiger partial charge in [0.1, 0.15) is 5.54 Å². The monoisotopic (exact) mass is 275 g/mol. The molecule has 3 atom stereocenters. The molecule has 0 radical (unpaired) electrons. The second-order valence-corrected chi connectivity index (χ2v) is 6.28. The van der Waals surface area contributed by atoms with Gasteiger partial charge in [-0.2, -0.15) is 0 Å². The maximum atomic E-state index is 12.5. The molecule has 1 heterocycles. The summed E-state index contributed by atoms with van der Waals surface area (Å²) in [4.78, 5) is 14.8. The number of piperidine rings is 1. The zero-order valence-corrected chi connectivity index (χ0v) is 12.9. The van der Waals surface area contributed by atoms with Crippen LogP contribution in [-0.4, -0.2) is 31.1 Å². The molecule has 20 heavy (non-hydrogen) atoms. The highest BCUT2D eigenvalue weighted by Gasteiger charge is 2.44. The van der Waals surface area contributed by atoms with Crippen molar-refractivity contribution >= 4 is 5.97 Å². The summed E-state index contributed by atoms with van der Waals surface area (Å²) in [5.41, 5.74) is 0.312.